The topological polar surface area (TPSA) is 77.8 Å². The first-order valence-electron chi connectivity index (χ1n) is 4.07. The van der Waals surface area contributed by atoms with Crippen molar-refractivity contribution >= 4 is 0 Å². The SMILES string of the molecule is CCC(O)C(N)(CC)CC.O. The van der Waals surface area contributed by atoms with Gasteiger partial charge in [-0.05, 0) is 19.3 Å². The summed E-state index contributed by atoms with van der Waals surface area (Å²) >= 11 is 0. The van der Waals surface area contributed by atoms with Gasteiger partial charge in [-0.15, -0.1) is 0 Å². The number of aliphatic hydroxyl groups excluding tert-OH is 1. The third kappa shape index (κ3) is 3.18. The Kier molecular flexibility index (Phi) is 6.76. The monoisotopic (exact) mass is 163 g/mol. The van der Waals surface area contributed by atoms with Crippen molar-refractivity contribution in [1.29, 1.82) is 0 Å². The summed E-state index contributed by atoms with van der Waals surface area (Å²) in [4.78, 5) is 0. The molecular formula is C8H21NO2. The maximum absolute atomic E-state index is 9.45. The van der Waals surface area contributed by atoms with Crippen LogP contribution in [-0.4, -0.2) is 22.2 Å². The zero-order valence-electron chi connectivity index (χ0n) is 7.72. The summed E-state index contributed by atoms with van der Waals surface area (Å²) in [5.74, 6) is 0. The van der Waals surface area contributed by atoms with E-state index in [1.807, 2.05) is 20.8 Å². The molecule has 70 valence electrons. The molecule has 0 rings (SSSR count). The van der Waals surface area contributed by atoms with E-state index in [1.165, 1.54) is 0 Å². The Bertz CT molecular complexity index is 92.1. The molecule has 1 unspecified atom stereocenters. The van der Waals surface area contributed by atoms with Crippen LogP contribution in [0.25, 0.3) is 0 Å². The van der Waals surface area contributed by atoms with Crippen molar-refractivity contribution in [3.63, 3.8) is 0 Å². The van der Waals surface area contributed by atoms with Gasteiger partial charge in [0.05, 0.1) is 6.10 Å². The van der Waals surface area contributed by atoms with Crippen LogP contribution in [0.1, 0.15) is 40.0 Å². The lowest BCUT2D eigenvalue weighted by Crippen LogP contribution is -2.49. The first-order chi connectivity index (χ1) is 4.60. The zero-order chi connectivity index (χ0) is 8.20. The van der Waals surface area contributed by atoms with Crippen molar-refractivity contribution in [2.24, 2.45) is 5.73 Å². The van der Waals surface area contributed by atoms with E-state index in [4.69, 9.17) is 5.73 Å². The largest absolute Gasteiger partial charge is 0.412 e. The van der Waals surface area contributed by atoms with Gasteiger partial charge in [-0.25, -0.2) is 0 Å². The van der Waals surface area contributed by atoms with Gasteiger partial charge >= 0.3 is 0 Å². The minimum atomic E-state index is -0.352. The Labute approximate surface area is 68.9 Å². The fourth-order valence-electron chi connectivity index (χ4n) is 1.13. The van der Waals surface area contributed by atoms with Gasteiger partial charge in [-0.1, -0.05) is 20.8 Å². The van der Waals surface area contributed by atoms with E-state index >= 15 is 0 Å². The van der Waals surface area contributed by atoms with Crippen LogP contribution in [0, 0.1) is 0 Å². The Morgan fingerprint density at radius 2 is 1.64 bits per heavy atom. The van der Waals surface area contributed by atoms with Gasteiger partial charge in [0.15, 0.2) is 0 Å². The molecule has 0 saturated heterocycles. The molecule has 0 aliphatic carbocycles. The van der Waals surface area contributed by atoms with Gasteiger partial charge < -0.3 is 16.3 Å². The molecule has 0 aliphatic heterocycles. The second kappa shape index (κ2) is 5.52. The molecule has 11 heavy (non-hydrogen) atoms. The molecule has 0 aliphatic rings. The average molecular weight is 163 g/mol. The van der Waals surface area contributed by atoms with Crippen LogP contribution in [0.15, 0.2) is 0 Å². The summed E-state index contributed by atoms with van der Waals surface area (Å²) in [7, 11) is 0. The molecular weight excluding hydrogens is 142 g/mol. The Balaban J connectivity index is 0. The van der Waals surface area contributed by atoms with Crippen molar-refractivity contribution in [2.75, 3.05) is 0 Å². The normalized spacial score (nSPS) is 13.9. The number of aliphatic hydroxyl groups is 1. The second-order valence-corrected chi connectivity index (χ2v) is 2.86. The fraction of sp³-hybridized carbons (Fsp3) is 1.00. The molecule has 1 atom stereocenters. The Morgan fingerprint density at radius 3 is 1.73 bits per heavy atom. The highest BCUT2D eigenvalue weighted by atomic mass is 16.3. The summed E-state index contributed by atoms with van der Waals surface area (Å²) < 4.78 is 0. The minimum absolute atomic E-state index is 0. The van der Waals surface area contributed by atoms with Crippen molar-refractivity contribution in [1.82, 2.24) is 0 Å². The van der Waals surface area contributed by atoms with Crippen molar-refractivity contribution in [3.8, 4) is 0 Å². The Hall–Kier alpha value is -0.120. The van der Waals surface area contributed by atoms with E-state index in [-0.39, 0.29) is 17.1 Å². The number of nitrogens with two attached hydrogens (primary N) is 1. The first-order valence-corrected chi connectivity index (χ1v) is 4.07. The van der Waals surface area contributed by atoms with Crippen molar-refractivity contribution in [2.45, 2.75) is 51.7 Å². The highest BCUT2D eigenvalue weighted by molar-refractivity contribution is 4.87. The van der Waals surface area contributed by atoms with Crippen LogP contribution >= 0.6 is 0 Å². The van der Waals surface area contributed by atoms with Gasteiger partial charge in [-0.2, -0.15) is 0 Å². The molecule has 3 nitrogen and oxygen atoms in total. The van der Waals surface area contributed by atoms with Crippen molar-refractivity contribution < 1.29 is 10.6 Å². The van der Waals surface area contributed by atoms with Gasteiger partial charge in [0.25, 0.3) is 0 Å². The molecule has 0 spiro atoms. The zero-order valence-corrected chi connectivity index (χ0v) is 7.72. The predicted octanol–water partition coefficient (Wildman–Crippen LogP) is 0.450. The molecule has 0 aromatic carbocycles. The quantitative estimate of drug-likeness (QED) is 0.631. The smallest absolute Gasteiger partial charge is 0.0716 e. The summed E-state index contributed by atoms with van der Waals surface area (Å²) in [5.41, 5.74) is 5.55. The molecule has 0 aromatic rings. The third-order valence-corrected chi connectivity index (χ3v) is 2.37. The van der Waals surface area contributed by atoms with Crippen LogP contribution < -0.4 is 5.73 Å². The number of rotatable bonds is 4. The average Bonchev–Trinajstić information content (AvgIpc) is 2.01. The summed E-state index contributed by atoms with van der Waals surface area (Å²) in [5, 5.41) is 9.45. The predicted molar refractivity (Wildman–Crippen MR) is 47.4 cm³/mol. The maximum Gasteiger partial charge on any atom is 0.0716 e. The van der Waals surface area contributed by atoms with Gasteiger partial charge in [0.2, 0.25) is 0 Å². The molecule has 0 fully saturated rings. The summed E-state index contributed by atoms with van der Waals surface area (Å²) in [6, 6.07) is 0. The Morgan fingerprint density at radius 1 is 1.27 bits per heavy atom. The van der Waals surface area contributed by atoms with Crippen LogP contribution in [0.2, 0.25) is 0 Å². The molecule has 0 bridgehead atoms. The highest BCUT2D eigenvalue weighted by Gasteiger charge is 2.27. The van der Waals surface area contributed by atoms with Crippen LogP contribution in [-0.2, 0) is 0 Å². The van der Waals surface area contributed by atoms with Crippen LogP contribution in [0.4, 0.5) is 0 Å². The molecule has 0 amide bonds. The molecule has 0 aromatic heterocycles. The summed E-state index contributed by atoms with van der Waals surface area (Å²) in [6.07, 6.45) is 2.09. The molecule has 0 saturated carbocycles. The van der Waals surface area contributed by atoms with Crippen molar-refractivity contribution in [3.05, 3.63) is 0 Å². The lowest BCUT2D eigenvalue weighted by atomic mass is 9.86. The van der Waals surface area contributed by atoms with E-state index in [0.29, 0.717) is 0 Å². The maximum atomic E-state index is 9.45. The van der Waals surface area contributed by atoms with Gasteiger partial charge in [-0.3, -0.25) is 0 Å². The second-order valence-electron chi connectivity index (χ2n) is 2.86. The van der Waals surface area contributed by atoms with E-state index < -0.39 is 0 Å². The molecule has 0 radical (unpaired) electrons. The summed E-state index contributed by atoms with van der Waals surface area (Å²) in [6.45, 7) is 5.99. The van der Waals surface area contributed by atoms with Gasteiger partial charge in [0, 0.05) is 5.54 Å². The highest BCUT2D eigenvalue weighted by Crippen LogP contribution is 2.18. The number of hydrogen-bond acceptors (Lipinski definition) is 2. The van der Waals surface area contributed by atoms with E-state index in [1.54, 1.807) is 0 Å². The molecule has 0 heterocycles. The standard InChI is InChI=1S/C8H19NO.H2O/c1-4-7(10)8(9,5-2)6-3;/h7,10H,4-6,9H2,1-3H3;1H2. The number of hydrogen-bond donors (Lipinski definition) is 2. The van der Waals surface area contributed by atoms with Crippen LogP contribution in [0.5, 0.6) is 0 Å². The lowest BCUT2D eigenvalue weighted by molar-refractivity contribution is 0.0749. The first kappa shape index (κ1) is 13.5. The van der Waals surface area contributed by atoms with E-state index in [2.05, 4.69) is 0 Å². The molecule has 3 heteroatoms. The fourth-order valence-corrected chi connectivity index (χ4v) is 1.13. The van der Waals surface area contributed by atoms with Gasteiger partial charge in [0.1, 0.15) is 0 Å². The lowest BCUT2D eigenvalue weighted by Gasteiger charge is -2.31. The minimum Gasteiger partial charge on any atom is -0.412 e. The van der Waals surface area contributed by atoms with E-state index in [0.717, 1.165) is 19.3 Å². The third-order valence-electron chi connectivity index (χ3n) is 2.37. The van der Waals surface area contributed by atoms with Crippen LogP contribution in [0.3, 0.4) is 0 Å². The van der Waals surface area contributed by atoms with E-state index in [9.17, 15) is 5.11 Å². The molecule has 5 N–H and O–H groups in total.